The van der Waals surface area contributed by atoms with Gasteiger partial charge in [0.15, 0.2) is 0 Å². The number of nitrogens with one attached hydrogen (secondary N) is 1. The van der Waals surface area contributed by atoms with Crippen LogP contribution in [0.4, 0.5) is 16.2 Å². The summed E-state index contributed by atoms with van der Waals surface area (Å²) in [5, 5.41) is 6.86. The minimum absolute atomic E-state index is 0.0543. The van der Waals surface area contributed by atoms with Gasteiger partial charge in [-0.3, -0.25) is 10.1 Å². The third-order valence-electron chi connectivity index (χ3n) is 4.81. The number of benzene rings is 2. The summed E-state index contributed by atoms with van der Waals surface area (Å²) in [6, 6.07) is 13.4. The third-order valence-corrected chi connectivity index (χ3v) is 4.81. The van der Waals surface area contributed by atoms with Crippen molar-refractivity contribution in [3.63, 3.8) is 0 Å². The first kappa shape index (κ1) is 21.0. The van der Waals surface area contributed by atoms with E-state index in [-0.39, 0.29) is 30.0 Å². The van der Waals surface area contributed by atoms with E-state index in [2.05, 4.69) is 20.4 Å². The van der Waals surface area contributed by atoms with Gasteiger partial charge in [-0.25, -0.2) is 14.4 Å². The van der Waals surface area contributed by atoms with Crippen molar-refractivity contribution in [3.05, 3.63) is 71.7 Å². The maximum Gasteiger partial charge on any atom is 0.241 e. The normalized spacial score (nSPS) is 10.7. The number of hydrogen-bond acceptors (Lipinski definition) is 7. The molecule has 0 radical (unpaired) electrons. The number of nitrogen functional groups attached to an aromatic ring is 1. The highest BCUT2D eigenvalue weighted by Crippen LogP contribution is 2.37. The smallest absolute Gasteiger partial charge is 0.241 e. The zero-order valence-corrected chi connectivity index (χ0v) is 17.4. The second kappa shape index (κ2) is 8.84. The number of aromatic nitrogens is 3. The number of carbonyl (C=O) groups is 1. The van der Waals surface area contributed by atoms with E-state index in [1.54, 1.807) is 50.4 Å². The second-order valence-corrected chi connectivity index (χ2v) is 7.08. The molecule has 2 heterocycles. The number of amides is 1. The zero-order valence-electron chi connectivity index (χ0n) is 17.4. The molecule has 32 heavy (non-hydrogen) atoms. The van der Waals surface area contributed by atoms with Crippen LogP contribution < -0.4 is 15.8 Å². The lowest BCUT2D eigenvalue weighted by molar-refractivity contribution is -0.115. The highest BCUT2D eigenvalue weighted by Gasteiger charge is 2.23. The van der Waals surface area contributed by atoms with Crippen LogP contribution in [0.1, 0.15) is 11.1 Å². The van der Waals surface area contributed by atoms with Crippen LogP contribution in [-0.2, 0) is 11.2 Å². The number of nitrogens with zero attached hydrogens (tertiary/aromatic N) is 3. The van der Waals surface area contributed by atoms with E-state index in [1.165, 1.54) is 12.3 Å². The summed E-state index contributed by atoms with van der Waals surface area (Å²) in [6.45, 7) is 1.65. The van der Waals surface area contributed by atoms with Gasteiger partial charge in [0.1, 0.15) is 17.3 Å². The van der Waals surface area contributed by atoms with Crippen LogP contribution in [-0.4, -0.2) is 28.1 Å². The minimum atomic E-state index is -0.336. The average molecular weight is 433 g/mol. The van der Waals surface area contributed by atoms with Gasteiger partial charge in [-0.2, -0.15) is 0 Å². The number of methoxy groups -OCH3 is 1. The van der Waals surface area contributed by atoms with Gasteiger partial charge in [0, 0.05) is 11.8 Å². The lowest BCUT2D eigenvalue weighted by Crippen LogP contribution is -2.14. The van der Waals surface area contributed by atoms with Crippen LogP contribution in [0.15, 0.2) is 59.3 Å². The van der Waals surface area contributed by atoms with Crippen LogP contribution in [0.2, 0.25) is 0 Å². The highest BCUT2D eigenvalue weighted by atomic mass is 19.1. The molecule has 9 heteroatoms. The number of rotatable bonds is 6. The molecule has 4 rings (SSSR count). The van der Waals surface area contributed by atoms with Gasteiger partial charge in [0.05, 0.1) is 24.8 Å². The maximum absolute atomic E-state index is 13.8. The number of carbonyl (C=O) groups excluding carboxylic acids is 1. The number of hydrogen-bond donors (Lipinski definition) is 2. The molecule has 2 aromatic carbocycles. The van der Waals surface area contributed by atoms with E-state index in [0.717, 1.165) is 5.56 Å². The topological polar surface area (TPSA) is 116 Å². The molecule has 1 amide bonds. The number of halogens is 1. The Bertz CT molecular complexity index is 1290. The summed E-state index contributed by atoms with van der Waals surface area (Å²) in [6.07, 6.45) is 1.58. The molecule has 0 saturated carbocycles. The van der Waals surface area contributed by atoms with Crippen molar-refractivity contribution in [2.24, 2.45) is 0 Å². The fraction of sp³-hybridized carbons (Fsp3) is 0.130. The summed E-state index contributed by atoms with van der Waals surface area (Å²) >= 11 is 0. The van der Waals surface area contributed by atoms with Gasteiger partial charge < -0.3 is 15.0 Å². The molecule has 0 aliphatic rings. The van der Waals surface area contributed by atoms with Crippen LogP contribution in [0.3, 0.4) is 0 Å². The second-order valence-electron chi connectivity index (χ2n) is 7.08. The summed E-state index contributed by atoms with van der Waals surface area (Å²) in [5.74, 6) is 0.157. The Morgan fingerprint density at radius 2 is 2.06 bits per heavy atom. The lowest BCUT2D eigenvalue weighted by Gasteiger charge is -2.07. The third kappa shape index (κ3) is 4.41. The summed E-state index contributed by atoms with van der Waals surface area (Å²) in [5.41, 5.74) is 8.80. The lowest BCUT2D eigenvalue weighted by atomic mass is 10.0. The fourth-order valence-electron chi connectivity index (χ4n) is 3.25. The first-order valence-corrected chi connectivity index (χ1v) is 9.72. The predicted octanol–water partition coefficient (Wildman–Crippen LogP) is 4.02. The molecule has 162 valence electrons. The molecule has 3 N–H and O–H groups in total. The van der Waals surface area contributed by atoms with Crippen molar-refractivity contribution in [1.82, 2.24) is 15.1 Å². The molecule has 4 aromatic rings. The van der Waals surface area contributed by atoms with Gasteiger partial charge in [-0.15, -0.1) is 0 Å². The van der Waals surface area contributed by atoms with E-state index in [1.807, 2.05) is 6.07 Å². The quantitative estimate of drug-likeness (QED) is 0.472. The Hall–Kier alpha value is -4.27. The molecule has 0 atom stereocenters. The molecule has 0 fully saturated rings. The number of aryl methyl sites for hydroxylation is 1. The molecule has 8 nitrogen and oxygen atoms in total. The van der Waals surface area contributed by atoms with Gasteiger partial charge in [-0.05, 0) is 54.4 Å². The standard InChI is InChI=1S/C23H20FN5O3/c1-13-10-15(6-7-17(13)24)21-20(18-8-9-26-23(25)27-18)22(32-29-21)28-19(30)12-14-4-3-5-16(11-14)31-2/h3-11H,12H2,1-2H3,(H,28,30)(H2,25,26,27). The van der Waals surface area contributed by atoms with E-state index < -0.39 is 0 Å². The van der Waals surface area contributed by atoms with Crippen molar-refractivity contribution in [2.45, 2.75) is 13.3 Å². The Balaban J connectivity index is 1.71. The zero-order chi connectivity index (χ0) is 22.7. The van der Waals surface area contributed by atoms with Crippen LogP contribution in [0.25, 0.3) is 22.5 Å². The SMILES string of the molecule is COc1cccc(CC(=O)Nc2onc(-c3ccc(F)c(C)c3)c2-c2ccnc(N)n2)c1. The average Bonchev–Trinajstić information content (AvgIpc) is 3.19. The first-order valence-electron chi connectivity index (χ1n) is 9.72. The van der Waals surface area contributed by atoms with Gasteiger partial charge in [0.25, 0.3) is 0 Å². The Kier molecular flexibility index (Phi) is 5.80. The molecule has 2 aromatic heterocycles. The fourth-order valence-corrected chi connectivity index (χ4v) is 3.25. The monoisotopic (exact) mass is 433 g/mol. The Morgan fingerprint density at radius 1 is 1.22 bits per heavy atom. The Labute approximate surface area is 183 Å². The molecule has 0 aliphatic heterocycles. The number of nitrogens with two attached hydrogens (primary N) is 1. The number of anilines is 2. The van der Waals surface area contributed by atoms with E-state index in [0.29, 0.717) is 33.8 Å². The summed E-state index contributed by atoms with van der Waals surface area (Å²) in [7, 11) is 1.56. The summed E-state index contributed by atoms with van der Waals surface area (Å²) < 4.78 is 24.4. The molecular weight excluding hydrogens is 413 g/mol. The minimum Gasteiger partial charge on any atom is -0.497 e. The first-order chi connectivity index (χ1) is 15.4. The molecule has 0 bridgehead atoms. The van der Waals surface area contributed by atoms with Crippen LogP contribution in [0.5, 0.6) is 5.75 Å². The van der Waals surface area contributed by atoms with Crippen molar-refractivity contribution in [2.75, 3.05) is 18.2 Å². The molecule has 0 unspecified atom stereocenters. The Morgan fingerprint density at radius 3 is 2.81 bits per heavy atom. The molecule has 0 spiro atoms. The van der Waals surface area contributed by atoms with Gasteiger partial charge in [-0.1, -0.05) is 17.3 Å². The van der Waals surface area contributed by atoms with Crippen molar-refractivity contribution in [3.8, 4) is 28.3 Å². The van der Waals surface area contributed by atoms with E-state index in [9.17, 15) is 9.18 Å². The predicted molar refractivity (Wildman–Crippen MR) is 117 cm³/mol. The van der Waals surface area contributed by atoms with Crippen molar-refractivity contribution >= 4 is 17.7 Å². The summed E-state index contributed by atoms with van der Waals surface area (Å²) in [4.78, 5) is 20.9. The van der Waals surface area contributed by atoms with Gasteiger partial charge in [0.2, 0.25) is 17.7 Å². The van der Waals surface area contributed by atoms with Gasteiger partial charge >= 0.3 is 0 Å². The van der Waals surface area contributed by atoms with E-state index in [4.69, 9.17) is 15.0 Å². The number of ether oxygens (including phenoxy) is 1. The highest BCUT2D eigenvalue weighted by molar-refractivity contribution is 5.97. The van der Waals surface area contributed by atoms with Crippen LogP contribution in [0, 0.1) is 12.7 Å². The molecule has 0 aliphatic carbocycles. The van der Waals surface area contributed by atoms with Crippen molar-refractivity contribution in [1.29, 1.82) is 0 Å². The van der Waals surface area contributed by atoms with Crippen molar-refractivity contribution < 1.29 is 18.4 Å². The maximum atomic E-state index is 13.8. The van der Waals surface area contributed by atoms with Crippen LogP contribution >= 0.6 is 0 Å². The molecular formula is C23H20FN5O3. The largest absolute Gasteiger partial charge is 0.497 e. The molecule has 0 saturated heterocycles. The van der Waals surface area contributed by atoms with E-state index >= 15 is 0 Å².